The standard InChI is InChI=1S/C13H24N2O/c1-9-5-10(2)7-12(6-9)14-8-13(16)15-11-3-4-11/h9-12,14H,3-8H2,1-2H3,(H,15,16). The molecule has 0 aliphatic heterocycles. The third-order valence-corrected chi connectivity index (χ3v) is 3.67. The first-order valence-corrected chi connectivity index (χ1v) is 6.66. The molecule has 2 atom stereocenters. The number of carbonyl (C=O) groups excluding carboxylic acids is 1. The van der Waals surface area contributed by atoms with E-state index in [1.165, 1.54) is 32.1 Å². The van der Waals surface area contributed by atoms with Gasteiger partial charge in [-0.05, 0) is 43.9 Å². The Kier molecular flexibility index (Phi) is 3.85. The van der Waals surface area contributed by atoms with E-state index < -0.39 is 0 Å². The van der Waals surface area contributed by atoms with Crippen LogP contribution < -0.4 is 10.6 Å². The van der Waals surface area contributed by atoms with Gasteiger partial charge in [-0.3, -0.25) is 4.79 Å². The number of rotatable bonds is 4. The van der Waals surface area contributed by atoms with E-state index in [4.69, 9.17) is 0 Å². The molecule has 1 amide bonds. The van der Waals surface area contributed by atoms with Crippen LogP contribution in [0.25, 0.3) is 0 Å². The lowest BCUT2D eigenvalue weighted by Gasteiger charge is -2.31. The average Bonchev–Trinajstić information content (AvgIpc) is 2.97. The van der Waals surface area contributed by atoms with Gasteiger partial charge in [0.15, 0.2) is 0 Å². The van der Waals surface area contributed by atoms with Crippen molar-refractivity contribution in [2.45, 2.75) is 58.0 Å². The van der Waals surface area contributed by atoms with Gasteiger partial charge in [0.05, 0.1) is 6.54 Å². The van der Waals surface area contributed by atoms with Gasteiger partial charge in [-0.2, -0.15) is 0 Å². The number of nitrogens with one attached hydrogen (secondary N) is 2. The fourth-order valence-electron chi connectivity index (χ4n) is 2.86. The van der Waals surface area contributed by atoms with Crippen LogP contribution >= 0.6 is 0 Å². The normalized spacial score (nSPS) is 34.8. The van der Waals surface area contributed by atoms with Gasteiger partial charge in [0.2, 0.25) is 5.91 Å². The Labute approximate surface area is 98.4 Å². The number of hydrogen-bond acceptors (Lipinski definition) is 2. The predicted octanol–water partition coefficient (Wildman–Crippen LogP) is 1.68. The van der Waals surface area contributed by atoms with Crippen molar-refractivity contribution in [3.05, 3.63) is 0 Å². The summed E-state index contributed by atoms with van der Waals surface area (Å²) >= 11 is 0. The minimum absolute atomic E-state index is 0.174. The highest BCUT2D eigenvalue weighted by Gasteiger charge is 2.25. The first-order chi connectivity index (χ1) is 7.63. The zero-order chi connectivity index (χ0) is 11.5. The molecule has 2 rings (SSSR count). The molecular formula is C13H24N2O. The maximum Gasteiger partial charge on any atom is 0.234 e. The van der Waals surface area contributed by atoms with E-state index in [2.05, 4.69) is 24.5 Å². The maximum atomic E-state index is 11.5. The SMILES string of the molecule is CC1CC(C)CC(NCC(=O)NC2CC2)C1. The molecule has 2 saturated carbocycles. The van der Waals surface area contributed by atoms with Gasteiger partial charge in [0.25, 0.3) is 0 Å². The summed E-state index contributed by atoms with van der Waals surface area (Å²) in [5, 5.41) is 6.42. The summed E-state index contributed by atoms with van der Waals surface area (Å²) < 4.78 is 0. The molecule has 0 aromatic rings. The Morgan fingerprint density at radius 2 is 1.69 bits per heavy atom. The third-order valence-electron chi connectivity index (χ3n) is 3.67. The van der Waals surface area contributed by atoms with Crippen molar-refractivity contribution < 1.29 is 4.79 Å². The molecule has 0 heterocycles. The zero-order valence-corrected chi connectivity index (χ0v) is 10.5. The van der Waals surface area contributed by atoms with Crippen LogP contribution in [0, 0.1) is 11.8 Å². The summed E-state index contributed by atoms with van der Waals surface area (Å²) in [6.07, 6.45) is 6.13. The second-order valence-corrected chi connectivity index (χ2v) is 5.84. The Morgan fingerprint density at radius 3 is 2.25 bits per heavy atom. The van der Waals surface area contributed by atoms with E-state index in [9.17, 15) is 4.79 Å². The molecule has 3 heteroatoms. The molecule has 0 radical (unpaired) electrons. The van der Waals surface area contributed by atoms with Crippen LogP contribution in [0.4, 0.5) is 0 Å². The minimum Gasteiger partial charge on any atom is -0.352 e. The highest BCUT2D eigenvalue weighted by molar-refractivity contribution is 5.78. The highest BCUT2D eigenvalue weighted by Crippen LogP contribution is 2.28. The van der Waals surface area contributed by atoms with E-state index in [0.29, 0.717) is 18.6 Å². The topological polar surface area (TPSA) is 41.1 Å². The van der Waals surface area contributed by atoms with Gasteiger partial charge >= 0.3 is 0 Å². The van der Waals surface area contributed by atoms with Crippen molar-refractivity contribution in [3.8, 4) is 0 Å². The molecule has 3 nitrogen and oxygen atoms in total. The van der Waals surface area contributed by atoms with Crippen molar-refractivity contribution in [2.75, 3.05) is 6.54 Å². The fourth-order valence-corrected chi connectivity index (χ4v) is 2.86. The molecule has 0 aromatic heterocycles. The summed E-state index contributed by atoms with van der Waals surface area (Å²) in [6.45, 7) is 5.13. The first-order valence-electron chi connectivity index (χ1n) is 6.66. The summed E-state index contributed by atoms with van der Waals surface area (Å²) in [4.78, 5) is 11.5. The van der Waals surface area contributed by atoms with E-state index in [1.54, 1.807) is 0 Å². The Balaban J connectivity index is 1.65. The maximum absolute atomic E-state index is 11.5. The molecule has 0 saturated heterocycles. The second-order valence-electron chi connectivity index (χ2n) is 5.84. The summed E-state index contributed by atoms with van der Waals surface area (Å²) in [5.74, 6) is 1.77. The Bertz CT molecular complexity index is 240. The Hall–Kier alpha value is -0.570. The fraction of sp³-hybridized carbons (Fsp3) is 0.923. The largest absolute Gasteiger partial charge is 0.352 e. The van der Waals surface area contributed by atoms with Crippen molar-refractivity contribution >= 4 is 5.91 Å². The van der Waals surface area contributed by atoms with Crippen molar-refractivity contribution in [3.63, 3.8) is 0 Å². The number of carbonyl (C=O) groups is 1. The molecule has 0 bridgehead atoms. The first kappa shape index (κ1) is 11.9. The zero-order valence-electron chi connectivity index (χ0n) is 10.5. The van der Waals surface area contributed by atoms with Gasteiger partial charge in [-0.25, -0.2) is 0 Å². The van der Waals surface area contributed by atoms with E-state index in [1.807, 2.05) is 0 Å². The molecule has 2 aliphatic carbocycles. The molecule has 2 aliphatic rings. The monoisotopic (exact) mass is 224 g/mol. The lowest BCUT2D eigenvalue weighted by molar-refractivity contribution is -0.120. The predicted molar refractivity (Wildman–Crippen MR) is 65.1 cm³/mol. The van der Waals surface area contributed by atoms with Crippen LogP contribution in [0.2, 0.25) is 0 Å². The quantitative estimate of drug-likeness (QED) is 0.763. The summed E-state index contributed by atoms with van der Waals surface area (Å²) in [6, 6.07) is 1.03. The van der Waals surface area contributed by atoms with Crippen LogP contribution in [0.15, 0.2) is 0 Å². The smallest absolute Gasteiger partial charge is 0.234 e. The lowest BCUT2D eigenvalue weighted by atomic mass is 9.80. The van der Waals surface area contributed by atoms with Gasteiger partial charge in [-0.1, -0.05) is 13.8 Å². The molecule has 2 fully saturated rings. The molecule has 2 unspecified atom stereocenters. The minimum atomic E-state index is 0.174. The van der Waals surface area contributed by atoms with E-state index in [-0.39, 0.29) is 5.91 Å². The average molecular weight is 224 g/mol. The van der Waals surface area contributed by atoms with Gasteiger partial charge in [0, 0.05) is 12.1 Å². The van der Waals surface area contributed by atoms with Crippen molar-refractivity contribution in [2.24, 2.45) is 11.8 Å². The van der Waals surface area contributed by atoms with Gasteiger partial charge < -0.3 is 10.6 Å². The number of amides is 1. The van der Waals surface area contributed by atoms with Crippen LogP contribution in [-0.4, -0.2) is 24.5 Å². The molecular weight excluding hydrogens is 200 g/mol. The number of hydrogen-bond donors (Lipinski definition) is 2. The highest BCUT2D eigenvalue weighted by atomic mass is 16.2. The molecule has 92 valence electrons. The van der Waals surface area contributed by atoms with Crippen LogP contribution in [0.5, 0.6) is 0 Å². The van der Waals surface area contributed by atoms with Gasteiger partial charge in [0.1, 0.15) is 0 Å². The third kappa shape index (κ3) is 3.78. The van der Waals surface area contributed by atoms with Crippen molar-refractivity contribution in [1.29, 1.82) is 0 Å². The van der Waals surface area contributed by atoms with Gasteiger partial charge in [-0.15, -0.1) is 0 Å². The Morgan fingerprint density at radius 1 is 1.06 bits per heavy atom. The molecule has 0 spiro atoms. The van der Waals surface area contributed by atoms with E-state index in [0.717, 1.165) is 11.8 Å². The van der Waals surface area contributed by atoms with Crippen LogP contribution in [0.3, 0.4) is 0 Å². The molecule has 2 N–H and O–H groups in total. The van der Waals surface area contributed by atoms with Crippen LogP contribution in [-0.2, 0) is 4.79 Å². The summed E-state index contributed by atoms with van der Waals surface area (Å²) in [5.41, 5.74) is 0. The summed E-state index contributed by atoms with van der Waals surface area (Å²) in [7, 11) is 0. The lowest BCUT2D eigenvalue weighted by Crippen LogP contribution is -2.42. The molecule has 16 heavy (non-hydrogen) atoms. The van der Waals surface area contributed by atoms with E-state index >= 15 is 0 Å². The second kappa shape index (κ2) is 5.17. The molecule has 0 aromatic carbocycles. The van der Waals surface area contributed by atoms with Crippen molar-refractivity contribution in [1.82, 2.24) is 10.6 Å². The van der Waals surface area contributed by atoms with Crippen LogP contribution in [0.1, 0.15) is 46.0 Å².